The van der Waals surface area contributed by atoms with Crippen molar-refractivity contribution in [1.29, 1.82) is 0 Å². The summed E-state index contributed by atoms with van der Waals surface area (Å²) >= 11 is 0. The van der Waals surface area contributed by atoms with Gasteiger partial charge in [-0.15, -0.1) is 0 Å². The number of esters is 2. The Morgan fingerprint density at radius 1 is 1.33 bits per heavy atom. The van der Waals surface area contributed by atoms with E-state index in [0.29, 0.717) is 12.8 Å². The van der Waals surface area contributed by atoms with Crippen molar-refractivity contribution in [2.45, 2.75) is 83.8 Å². The van der Waals surface area contributed by atoms with Gasteiger partial charge >= 0.3 is 11.9 Å². The van der Waals surface area contributed by atoms with Crippen molar-refractivity contribution in [3.8, 4) is 0 Å². The molecule has 1 aliphatic rings. The first-order chi connectivity index (χ1) is 10.6. The van der Waals surface area contributed by atoms with E-state index < -0.39 is 5.97 Å². The van der Waals surface area contributed by atoms with Crippen molar-refractivity contribution in [3.63, 3.8) is 0 Å². The number of rotatable bonds is 7. The van der Waals surface area contributed by atoms with Gasteiger partial charge in [-0.2, -0.15) is 0 Å². The van der Waals surface area contributed by atoms with Gasteiger partial charge in [-0.05, 0) is 57.9 Å². The second-order valence-corrected chi connectivity index (χ2v) is 5.64. The van der Waals surface area contributed by atoms with E-state index in [1.54, 1.807) is 0 Å². The molecule has 0 saturated heterocycles. The molecule has 0 aliphatic heterocycles. The molecule has 4 heteroatoms. The molecule has 0 radical (unpaired) electrons. The van der Waals surface area contributed by atoms with Crippen LogP contribution < -0.4 is 0 Å². The Morgan fingerprint density at radius 3 is 3.00 bits per heavy atom. The Hall–Kier alpha value is -1.32. The predicted molar refractivity (Wildman–Crippen MR) is 81.8 cm³/mol. The highest BCUT2D eigenvalue weighted by atomic mass is 16.5. The summed E-state index contributed by atoms with van der Waals surface area (Å²) in [4.78, 5) is 22.8. The number of hydrogen-bond acceptors (Lipinski definition) is 4. The first-order valence-electron chi connectivity index (χ1n) is 8.67. The summed E-state index contributed by atoms with van der Waals surface area (Å²) in [5.74, 6) is -0.644. The summed E-state index contributed by atoms with van der Waals surface area (Å²) in [6, 6.07) is 0. The minimum atomic E-state index is -0.497. The van der Waals surface area contributed by atoms with Gasteiger partial charge in [0.2, 0.25) is 0 Å². The average molecular weight is 297 g/mol. The maximum absolute atomic E-state index is 11.8. The van der Waals surface area contributed by atoms with Crippen molar-refractivity contribution < 1.29 is 20.4 Å². The van der Waals surface area contributed by atoms with E-state index in [9.17, 15) is 9.59 Å². The van der Waals surface area contributed by atoms with Gasteiger partial charge < -0.3 is 9.47 Å². The predicted octanol–water partition coefficient (Wildman–Crippen LogP) is 3.93. The van der Waals surface area contributed by atoms with Crippen molar-refractivity contribution >= 4 is 11.9 Å². The van der Waals surface area contributed by atoms with Crippen LogP contribution in [0.4, 0.5) is 0 Å². The molecule has 0 N–H and O–H groups in total. The minimum Gasteiger partial charge on any atom is -0.463 e. The number of hydrogen-bond donors (Lipinski definition) is 0. The normalized spacial score (nSPS) is 22.3. The Morgan fingerprint density at radius 2 is 2.19 bits per heavy atom. The zero-order valence-corrected chi connectivity index (χ0v) is 13.0. The van der Waals surface area contributed by atoms with Crippen LogP contribution in [0.2, 0.25) is 0 Å². The molecule has 0 spiro atoms. The van der Waals surface area contributed by atoms with Gasteiger partial charge in [0.25, 0.3) is 0 Å². The van der Waals surface area contributed by atoms with E-state index in [0.717, 1.165) is 32.1 Å². The summed E-state index contributed by atoms with van der Waals surface area (Å²) < 4.78 is 17.4. The molecule has 2 atom stereocenters. The molecule has 0 amide bonds. The van der Waals surface area contributed by atoms with Crippen LogP contribution in [0.15, 0.2) is 12.2 Å². The number of allylic oxidation sites excluding steroid dienone is 1. The molecule has 1 rings (SSSR count). The van der Waals surface area contributed by atoms with Crippen molar-refractivity contribution in [2.75, 3.05) is 0 Å². The molecule has 0 aromatic carbocycles. The van der Waals surface area contributed by atoms with E-state index in [-0.39, 0.29) is 25.1 Å². The third kappa shape index (κ3) is 9.27. The Bertz CT molecular complexity index is 368. The van der Waals surface area contributed by atoms with E-state index in [2.05, 4.69) is 6.08 Å². The first-order valence-corrected chi connectivity index (χ1v) is 7.96. The van der Waals surface area contributed by atoms with Crippen LogP contribution >= 0.6 is 0 Å². The second kappa shape index (κ2) is 10.4. The molecule has 4 nitrogen and oxygen atoms in total. The Balaban J connectivity index is 2.12. The van der Waals surface area contributed by atoms with Crippen molar-refractivity contribution in [3.05, 3.63) is 12.2 Å². The van der Waals surface area contributed by atoms with Crippen molar-refractivity contribution in [1.82, 2.24) is 0 Å². The molecule has 0 aromatic heterocycles. The fraction of sp³-hybridized carbons (Fsp3) is 0.765. The molecule has 120 valence electrons. The molecule has 0 aromatic rings. The fourth-order valence-electron chi connectivity index (χ4n) is 2.44. The first kappa shape index (κ1) is 16.1. The van der Waals surface area contributed by atoms with Gasteiger partial charge in [0.05, 0.1) is 6.10 Å². The third-order valence-electron chi connectivity index (χ3n) is 3.57. The van der Waals surface area contributed by atoms with Crippen LogP contribution in [0, 0.1) is 0 Å². The highest BCUT2D eigenvalue weighted by Gasteiger charge is 2.13. The van der Waals surface area contributed by atoms with Gasteiger partial charge in [-0.25, -0.2) is 0 Å². The van der Waals surface area contributed by atoms with Gasteiger partial charge in [0.1, 0.15) is 6.10 Å². The monoisotopic (exact) mass is 297 g/mol. The largest absolute Gasteiger partial charge is 0.463 e. The van der Waals surface area contributed by atoms with Gasteiger partial charge in [0, 0.05) is 14.7 Å². The van der Waals surface area contributed by atoms with Crippen LogP contribution in [0.5, 0.6) is 0 Å². The van der Waals surface area contributed by atoms with Crippen LogP contribution in [-0.2, 0) is 19.1 Å². The standard InChI is InChI=1S/C17H28O4/c1-14(20-15(2)18)10-8-9-13-17(19)21-16-11-6-4-3-5-7-12-16/h6,11,14,16H,3-5,7-10,12-13H2,1-2H3/b11-6+/i2D. The zero-order chi connectivity index (χ0) is 16.2. The maximum atomic E-state index is 11.8. The minimum absolute atomic E-state index is 0.0651. The Kier molecular flexibility index (Phi) is 7.96. The van der Waals surface area contributed by atoms with E-state index in [4.69, 9.17) is 10.8 Å². The van der Waals surface area contributed by atoms with Crippen LogP contribution in [0.25, 0.3) is 0 Å². The lowest BCUT2D eigenvalue weighted by atomic mass is 10.0. The lowest BCUT2D eigenvalue weighted by molar-refractivity contribution is -0.148. The highest BCUT2D eigenvalue weighted by Crippen LogP contribution is 2.15. The number of carbonyl (C=O) groups excluding carboxylic acids is 2. The van der Waals surface area contributed by atoms with Gasteiger partial charge in [-0.1, -0.05) is 12.5 Å². The molecule has 0 heterocycles. The number of ether oxygens (including phenoxy) is 2. The summed E-state index contributed by atoms with van der Waals surface area (Å²) in [5.41, 5.74) is 0. The summed E-state index contributed by atoms with van der Waals surface area (Å²) in [7, 11) is 0. The smallest absolute Gasteiger partial charge is 0.306 e. The van der Waals surface area contributed by atoms with Gasteiger partial charge in [0.15, 0.2) is 0 Å². The molecule has 0 saturated carbocycles. The van der Waals surface area contributed by atoms with E-state index in [1.165, 1.54) is 12.8 Å². The average Bonchev–Trinajstić information content (AvgIpc) is 2.46. The lowest BCUT2D eigenvalue weighted by Gasteiger charge is -2.16. The number of unbranched alkanes of at least 4 members (excludes halogenated alkanes) is 1. The van der Waals surface area contributed by atoms with Crippen LogP contribution in [0.3, 0.4) is 0 Å². The van der Waals surface area contributed by atoms with E-state index >= 15 is 0 Å². The summed E-state index contributed by atoms with van der Waals surface area (Å²) in [6.07, 6.45) is 12.1. The lowest BCUT2D eigenvalue weighted by Crippen LogP contribution is -2.17. The van der Waals surface area contributed by atoms with E-state index in [1.807, 2.05) is 13.0 Å². The molecule has 1 aliphatic carbocycles. The zero-order valence-electron chi connectivity index (χ0n) is 14.0. The highest BCUT2D eigenvalue weighted by molar-refractivity contribution is 5.69. The molecule has 2 unspecified atom stereocenters. The second-order valence-electron chi connectivity index (χ2n) is 5.64. The molecule has 0 bridgehead atoms. The Labute approximate surface area is 129 Å². The summed E-state index contributed by atoms with van der Waals surface area (Å²) in [5, 5.41) is 0. The maximum Gasteiger partial charge on any atom is 0.306 e. The SMILES string of the molecule is [2H]CC(=O)OC(C)CCCCC(=O)OC1/C=C/CCCCC1. The topological polar surface area (TPSA) is 52.6 Å². The third-order valence-corrected chi connectivity index (χ3v) is 3.57. The number of carbonyl (C=O) groups is 2. The van der Waals surface area contributed by atoms with Crippen LogP contribution in [-0.4, -0.2) is 24.1 Å². The summed E-state index contributed by atoms with van der Waals surface area (Å²) in [6.45, 7) is 1.47. The van der Waals surface area contributed by atoms with Gasteiger partial charge in [-0.3, -0.25) is 9.59 Å². The molecule has 0 fully saturated rings. The molecule has 21 heavy (non-hydrogen) atoms. The molecular formula is C17H28O4. The van der Waals surface area contributed by atoms with Crippen molar-refractivity contribution in [2.24, 2.45) is 0 Å². The van der Waals surface area contributed by atoms with Crippen LogP contribution in [0.1, 0.15) is 73.0 Å². The molecular weight excluding hydrogens is 268 g/mol. The quantitative estimate of drug-likeness (QED) is 0.406. The fourth-order valence-corrected chi connectivity index (χ4v) is 2.44.